The highest BCUT2D eigenvalue weighted by atomic mass is 35.5. The summed E-state index contributed by atoms with van der Waals surface area (Å²) in [4.78, 5) is 19.7. The van der Waals surface area contributed by atoms with Crippen molar-refractivity contribution >= 4 is 23.2 Å². The van der Waals surface area contributed by atoms with Gasteiger partial charge in [0.05, 0.1) is 5.56 Å². The van der Waals surface area contributed by atoms with Crippen molar-refractivity contribution in [2.24, 2.45) is 0 Å². The maximum absolute atomic E-state index is 11.9. The molecule has 1 N–H and O–H groups in total. The number of rotatable bonds is 2. The number of aryl methyl sites for hydroxylation is 1. The molecule has 0 aromatic carbocycles. The molecule has 0 aliphatic rings. The molecular formula is C12H10ClN3O. The molecule has 0 aliphatic heterocycles. The number of carbonyl (C=O) groups is 1. The van der Waals surface area contributed by atoms with Gasteiger partial charge in [0.15, 0.2) is 0 Å². The molecule has 0 radical (unpaired) electrons. The molecule has 0 bridgehead atoms. The summed E-state index contributed by atoms with van der Waals surface area (Å²) in [6.07, 6.45) is 4.84. The lowest BCUT2D eigenvalue weighted by atomic mass is 10.2. The fourth-order valence-corrected chi connectivity index (χ4v) is 1.56. The fraction of sp³-hybridized carbons (Fsp3) is 0.0833. The SMILES string of the molecule is Cc1cnccc1NC(=O)c1cccnc1Cl. The zero-order valence-corrected chi connectivity index (χ0v) is 9.90. The third kappa shape index (κ3) is 2.60. The first kappa shape index (κ1) is 11.5. The van der Waals surface area contributed by atoms with Gasteiger partial charge in [-0.05, 0) is 30.7 Å². The van der Waals surface area contributed by atoms with Gasteiger partial charge in [0, 0.05) is 24.3 Å². The Bertz CT molecular complexity index is 557. The van der Waals surface area contributed by atoms with Crippen molar-refractivity contribution in [2.45, 2.75) is 6.92 Å². The molecule has 2 heterocycles. The van der Waals surface area contributed by atoms with E-state index in [0.717, 1.165) is 5.56 Å². The first-order valence-corrected chi connectivity index (χ1v) is 5.39. The van der Waals surface area contributed by atoms with Crippen LogP contribution >= 0.6 is 11.6 Å². The number of hydrogen-bond acceptors (Lipinski definition) is 3. The number of pyridine rings is 2. The summed E-state index contributed by atoms with van der Waals surface area (Å²) in [5, 5.41) is 2.96. The molecule has 2 rings (SSSR count). The van der Waals surface area contributed by atoms with Crippen molar-refractivity contribution in [1.82, 2.24) is 9.97 Å². The van der Waals surface area contributed by atoms with Crippen LogP contribution in [0.5, 0.6) is 0 Å². The van der Waals surface area contributed by atoms with E-state index in [9.17, 15) is 4.79 Å². The molecule has 5 heteroatoms. The second-order valence-electron chi connectivity index (χ2n) is 3.49. The quantitative estimate of drug-likeness (QED) is 0.830. The number of carbonyl (C=O) groups excluding carboxylic acids is 1. The second-order valence-corrected chi connectivity index (χ2v) is 3.84. The maximum atomic E-state index is 11.9. The van der Waals surface area contributed by atoms with Crippen LogP contribution in [0, 0.1) is 6.92 Å². The number of nitrogens with one attached hydrogen (secondary N) is 1. The predicted octanol–water partition coefficient (Wildman–Crippen LogP) is 2.69. The Morgan fingerprint density at radius 3 is 2.88 bits per heavy atom. The predicted molar refractivity (Wildman–Crippen MR) is 66.2 cm³/mol. The van der Waals surface area contributed by atoms with Crippen LogP contribution in [-0.2, 0) is 0 Å². The van der Waals surface area contributed by atoms with E-state index in [1.54, 1.807) is 30.6 Å². The molecule has 4 nitrogen and oxygen atoms in total. The summed E-state index contributed by atoms with van der Waals surface area (Å²) in [6.45, 7) is 1.87. The van der Waals surface area contributed by atoms with Crippen molar-refractivity contribution in [2.75, 3.05) is 5.32 Å². The van der Waals surface area contributed by atoms with E-state index in [4.69, 9.17) is 11.6 Å². The Labute approximate surface area is 104 Å². The van der Waals surface area contributed by atoms with Crippen molar-refractivity contribution in [3.8, 4) is 0 Å². The average Bonchev–Trinajstić information content (AvgIpc) is 2.32. The summed E-state index contributed by atoms with van der Waals surface area (Å²) in [6, 6.07) is 5.03. The molecule has 0 aliphatic carbocycles. The maximum Gasteiger partial charge on any atom is 0.258 e. The molecule has 2 aromatic rings. The van der Waals surface area contributed by atoms with Crippen LogP contribution in [0.15, 0.2) is 36.8 Å². The highest BCUT2D eigenvalue weighted by Gasteiger charge is 2.11. The fourth-order valence-electron chi connectivity index (χ4n) is 1.36. The van der Waals surface area contributed by atoms with Gasteiger partial charge in [0.1, 0.15) is 5.15 Å². The number of halogens is 1. The molecule has 0 fully saturated rings. The summed E-state index contributed by atoms with van der Waals surface area (Å²) in [5.41, 5.74) is 1.95. The molecule has 0 spiro atoms. The van der Waals surface area contributed by atoms with Crippen molar-refractivity contribution in [3.63, 3.8) is 0 Å². The highest BCUT2D eigenvalue weighted by Crippen LogP contribution is 2.16. The van der Waals surface area contributed by atoms with Crippen LogP contribution in [0.1, 0.15) is 15.9 Å². The summed E-state index contributed by atoms with van der Waals surface area (Å²) in [7, 11) is 0. The lowest BCUT2D eigenvalue weighted by Gasteiger charge is -2.07. The molecule has 2 aromatic heterocycles. The van der Waals surface area contributed by atoms with Crippen molar-refractivity contribution < 1.29 is 4.79 Å². The monoisotopic (exact) mass is 247 g/mol. The van der Waals surface area contributed by atoms with E-state index < -0.39 is 0 Å². The minimum absolute atomic E-state index is 0.191. The molecule has 1 amide bonds. The zero-order chi connectivity index (χ0) is 12.3. The van der Waals surface area contributed by atoms with Gasteiger partial charge in [-0.25, -0.2) is 4.98 Å². The van der Waals surface area contributed by atoms with E-state index in [0.29, 0.717) is 11.3 Å². The molecule has 17 heavy (non-hydrogen) atoms. The first-order valence-electron chi connectivity index (χ1n) is 5.01. The molecule has 0 saturated carbocycles. The van der Waals surface area contributed by atoms with Crippen LogP contribution in [-0.4, -0.2) is 15.9 Å². The normalized spacial score (nSPS) is 10.0. The van der Waals surface area contributed by atoms with Crippen LogP contribution < -0.4 is 5.32 Å². The van der Waals surface area contributed by atoms with Gasteiger partial charge >= 0.3 is 0 Å². The number of hydrogen-bond donors (Lipinski definition) is 1. The lowest BCUT2D eigenvalue weighted by molar-refractivity contribution is 0.102. The molecule has 0 unspecified atom stereocenters. The largest absolute Gasteiger partial charge is 0.322 e. The Balaban J connectivity index is 2.24. The van der Waals surface area contributed by atoms with Gasteiger partial charge in [-0.1, -0.05) is 11.6 Å². The number of anilines is 1. The van der Waals surface area contributed by atoms with Crippen LogP contribution in [0.25, 0.3) is 0 Å². The minimum atomic E-state index is -0.280. The minimum Gasteiger partial charge on any atom is -0.322 e. The Hall–Kier alpha value is -1.94. The van der Waals surface area contributed by atoms with E-state index in [1.807, 2.05) is 6.92 Å². The van der Waals surface area contributed by atoms with Crippen LogP contribution in [0.3, 0.4) is 0 Å². The van der Waals surface area contributed by atoms with Gasteiger partial charge in [-0.2, -0.15) is 0 Å². The van der Waals surface area contributed by atoms with Gasteiger partial charge < -0.3 is 5.32 Å². The smallest absolute Gasteiger partial charge is 0.258 e. The van der Waals surface area contributed by atoms with E-state index in [-0.39, 0.29) is 11.1 Å². The van der Waals surface area contributed by atoms with Crippen molar-refractivity contribution in [3.05, 3.63) is 53.1 Å². The van der Waals surface area contributed by atoms with Gasteiger partial charge in [-0.15, -0.1) is 0 Å². The van der Waals surface area contributed by atoms with E-state index in [2.05, 4.69) is 15.3 Å². The molecule has 0 atom stereocenters. The summed E-state index contributed by atoms with van der Waals surface area (Å²) < 4.78 is 0. The number of nitrogens with zero attached hydrogens (tertiary/aromatic N) is 2. The van der Waals surface area contributed by atoms with Gasteiger partial charge in [0.2, 0.25) is 0 Å². The Morgan fingerprint density at radius 1 is 1.35 bits per heavy atom. The topological polar surface area (TPSA) is 54.9 Å². The third-order valence-electron chi connectivity index (χ3n) is 2.27. The summed E-state index contributed by atoms with van der Waals surface area (Å²) in [5.74, 6) is -0.280. The van der Waals surface area contributed by atoms with Crippen LogP contribution in [0.4, 0.5) is 5.69 Å². The van der Waals surface area contributed by atoms with E-state index >= 15 is 0 Å². The van der Waals surface area contributed by atoms with Crippen LogP contribution in [0.2, 0.25) is 5.15 Å². The van der Waals surface area contributed by atoms with Gasteiger partial charge in [0.25, 0.3) is 5.91 Å². The molecule has 86 valence electrons. The summed E-state index contributed by atoms with van der Waals surface area (Å²) >= 11 is 5.84. The number of aromatic nitrogens is 2. The van der Waals surface area contributed by atoms with Gasteiger partial charge in [-0.3, -0.25) is 9.78 Å². The molecule has 0 saturated heterocycles. The Morgan fingerprint density at radius 2 is 2.18 bits per heavy atom. The Kier molecular flexibility index (Phi) is 3.35. The zero-order valence-electron chi connectivity index (χ0n) is 9.14. The first-order chi connectivity index (χ1) is 8.18. The second kappa shape index (κ2) is 4.93. The van der Waals surface area contributed by atoms with E-state index in [1.165, 1.54) is 6.20 Å². The highest BCUT2D eigenvalue weighted by molar-refractivity contribution is 6.33. The number of amides is 1. The lowest BCUT2D eigenvalue weighted by Crippen LogP contribution is -2.13. The molecular weight excluding hydrogens is 238 g/mol. The third-order valence-corrected chi connectivity index (χ3v) is 2.57. The average molecular weight is 248 g/mol. The van der Waals surface area contributed by atoms with Crippen molar-refractivity contribution in [1.29, 1.82) is 0 Å². The standard InChI is InChI=1S/C12H10ClN3O/c1-8-7-14-6-4-10(8)16-12(17)9-3-2-5-15-11(9)13/h2-7H,1H3,(H,14,16,17).